The van der Waals surface area contributed by atoms with Gasteiger partial charge in [0.05, 0.1) is 29.5 Å². The number of para-hydroxylation sites is 1. The van der Waals surface area contributed by atoms with Crippen LogP contribution in [0.2, 0.25) is 0 Å². The maximum atomic E-state index is 12.6. The molecule has 2 aromatic heterocycles. The number of aryl methyl sites for hydroxylation is 2. The summed E-state index contributed by atoms with van der Waals surface area (Å²) in [4.78, 5) is 31.0. The number of carbonyl (C=O) groups is 1. The Labute approximate surface area is 145 Å². The van der Waals surface area contributed by atoms with Gasteiger partial charge in [0.1, 0.15) is 5.76 Å². The van der Waals surface area contributed by atoms with E-state index in [1.165, 1.54) is 10.9 Å². The second kappa shape index (κ2) is 6.93. The van der Waals surface area contributed by atoms with E-state index in [0.717, 1.165) is 11.3 Å². The highest BCUT2D eigenvalue weighted by Crippen LogP contribution is 2.19. The third kappa shape index (κ3) is 3.33. The summed E-state index contributed by atoms with van der Waals surface area (Å²) in [5.74, 6) is 0.677. The molecule has 0 N–H and O–H groups in total. The number of nitrogens with zero attached hydrogens (tertiary/aromatic N) is 3. The molecule has 0 saturated heterocycles. The Kier molecular flexibility index (Phi) is 4.70. The smallest absolute Gasteiger partial charge is 0.261 e. The number of furan rings is 1. The molecule has 0 saturated carbocycles. The fourth-order valence-electron chi connectivity index (χ4n) is 2.83. The summed E-state index contributed by atoms with van der Waals surface area (Å²) in [6.07, 6.45) is 3.33. The Balaban J connectivity index is 1.73. The molecule has 0 aliphatic carbocycles. The summed E-state index contributed by atoms with van der Waals surface area (Å²) < 4.78 is 6.84. The third-order valence-corrected chi connectivity index (χ3v) is 4.55. The van der Waals surface area contributed by atoms with E-state index in [-0.39, 0.29) is 23.9 Å². The van der Waals surface area contributed by atoms with E-state index >= 15 is 0 Å². The van der Waals surface area contributed by atoms with Crippen molar-refractivity contribution in [1.29, 1.82) is 0 Å². The fourth-order valence-corrected chi connectivity index (χ4v) is 2.83. The van der Waals surface area contributed by atoms with Crippen LogP contribution in [0.3, 0.4) is 0 Å². The van der Waals surface area contributed by atoms with Crippen molar-refractivity contribution < 1.29 is 9.21 Å². The van der Waals surface area contributed by atoms with E-state index in [0.29, 0.717) is 17.4 Å². The highest BCUT2D eigenvalue weighted by Gasteiger charge is 2.19. The summed E-state index contributed by atoms with van der Waals surface area (Å²) in [5.41, 5.74) is 1.55. The van der Waals surface area contributed by atoms with Gasteiger partial charge >= 0.3 is 0 Å². The first-order chi connectivity index (χ1) is 12.0. The van der Waals surface area contributed by atoms with E-state index in [9.17, 15) is 9.59 Å². The molecule has 0 spiro atoms. The molecule has 1 atom stereocenters. The van der Waals surface area contributed by atoms with Crippen LogP contribution in [0.1, 0.15) is 30.7 Å². The minimum absolute atomic E-state index is 0.0554. The van der Waals surface area contributed by atoms with Crippen molar-refractivity contribution in [3.63, 3.8) is 0 Å². The van der Waals surface area contributed by atoms with Gasteiger partial charge in [0.25, 0.3) is 5.56 Å². The van der Waals surface area contributed by atoms with Gasteiger partial charge in [0, 0.05) is 20.0 Å². The topological polar surface area (TPSA) is 68.3 Å². The van der Waals surface area contributed by atoms with E-state index < -0.39 is 0 Å². The zero-order chi connectivity index (χ0) is 18.0. The summed E-state index contributed by atoms with van der Waals surface area (Å²) in [5, 5.41) is 0.576. The molecule has 1 amide bonds. The quantitative estimate of drug-likeness (QED) is 0.717. The first kappa shape index (κ1) is 17.0. The van der Waals surface area contributed by atoms with Gasteiger partial charge < -0.3 is 9.32 Å². The van der Waals surface area contributed by atoms with Gasteiger partial charge in [-0.3, -0.25) is 14.2 Å². The molecule has 0 radical (unpaired) electrons. The second-order valence-electron chi connectivity index (χ2n) is 6.16. The zero-order valence-electron chi connectivity index (χ0n) is 14.6. The average molecular weight is 339 g/mol. The number of aromatic nitrogens is 2. The van der Waals surface area contributed by atoms with Crippen LogP contribution in [0.15, 0.2) is 52.1 Å². The Morgan fingerprint density at radius 3 is 2.84 bits per heavy atom. The van der Waals surface area contributed by atoms with Gasteiger partial charge in [-0.2, -0.15) is 0 Å². The predicted octanol–water partition coefficient (Wildman–Crippen LogP) is 2.91. The first-order valence-corrected chi connectivity index (χ1v) is 8.23. The Bertz CT molecular complexity index is 944. The lowest BCUT2D eigenvalue weighted by molar-refractivity contribution is -0.132. The standard InChI is InChI=1S/C19H21N3O3/c1-13-6-4-7-15-18(13)20-12-22(19(15)24)10-9-17(23)21(3)14(2)16-8-5-11-25-16/h4-8,11-12,14H,9-10H2,1-3H3. The second-order valence-corrected chi connectivity index (χ2v) is 6.16. The number of rotatable bonds is 5. The van der Waals surface area contributed by atoms with E-state index in [4.69, 9.17) is 4.42 Å². The van der Waals surface area contributed by atoms with E-state index in [1.54, 1.807) is 30.3 Å². The molecule has 130 valence electrons. The molecule has 3 rings (SSSR count). The minimum atomic E-state index is -0.156. The molecular formula is C19H21N3O3. The van der Waals surface area contributed by atoms with E-state index in [2.05, 4.69) is 4.98 Å². The van der Waals surface area contributed by atoms with Crippen LogP contribution in [-0.4, -0.2) is 27.4 Å². The molecule has 6 nitrogen and oxygen atoms in total. The van der Waals surface area contributed by atoms with Crippen molar-refractivity contribution in [3.05, 3.63) is 64.6 Å². The number of carbonyl (C=O) groups excluding carboxylic acids is 1. The Hall–Kier alpha value is -2.89. The number of benzene rings is 1. The number of fused-ring (bicyclic) bond motifs is 1. The summed E-state index contributed by atoms with van der Waals surface area (Å²) in [7, 11) is 1.74. The average Bonchev–Trinajstić information content (AvgIpc) is 3.15. The fraction of sp³-hybridized carbons (Fsp3) is 0.316. The maximum Gasteiger partial charge on any atom is 0.261 e. The van der Waals surface area contributed by atoms with Crippen LogP contribution in [0.25, 0.3) is 10.9 Å². The van der Waals surface area contributed by atoms with Gasteiger partial charge in [-0.25, -0.2) is 4.98 Å². The number of hydrogen-bond donors (Lipinski definition) is 0. The lowest BCUT2D eigenvalue weighted by Crippen LogP contribution is -2.31. The lowest BCUT2D eigenvalue weighted by Gasteiger charge is -2.23. The van der Waals surface area contributed by atoms with Crippen LogP contribution in [0.4, 0.5) is 0 Å². The molecule has 1 aromatic carbocycles. The molecule has 25 heavy (non-hydrogen) atoms. The van der Waals surface area contributed by atoms with Crippen molar-refractivity contribution in [1.82, 2.24) is 14.5 Å². The number of hydrogen-bond acceptors (Lipinski definition) is 4. The first-order valence-electron chi connectivity index (χ1n) is 8.23. The minimum Gasteiger partial charge on any atom is -0.467 e. The van der Waals surface area contributed by atoms with Crippen LogP contribution in [0, 0.1) is 6.92 Å². The Morgan fingerprint density at radius 2 is 2.12 bits per heavy atom. The van der Waals surface area contributed by atoms with Crippen molar-refractivity contribution >= 4 is 16.8 Å². The highest BCUT2D eigenvalue weighted by atomic mass is 16.3. The van der Waals surface area contributed by atoms with Crippen LogP contribution in [0.5, 0.6) is 0 Å². The van der Waals surface area contributed by atoms with Gasteiger partial charge in [-0.05, 0) is 37.6 Å². The molecule has 2 heterocycles. The van der Waals surface area contributed by atoms with E-state index in [1.807, 2.05) is 32.0 Å². The zero-order valence-corrected chi connectivity index (χ0v) is 14.6. The molecule has 1 unspecified atom stereocenters. The molecule has 6 heteroatoms. The third-order valence-electron chi connectivity index (χ3n) is 4.55. The van der Waals surface area contributed by atoms with Crippen LogP contribution in [-0.2, 0) is 11.3 Å². The number of amides is 1. The van der Waals surface area contributed by atoms with Crippen LogP contribution < -0.4 is 5.56 Å². The molecular weight excluding hydrogens is 318 g/mol. The monoisotopic (exact) mass is 339 g/mol. The van der Waals surface area contributed by atoms with Crippen LogP contribution >= 0.6 is 0 Å². The van der Waals surface area contributed by atoms with Gasteiger partial charge in [0.2, 0.25) is 5.91 Å². The van der Waals surface area contributed by atoms with Gasteiger partial charge in [-0.1, -0.05) is 12.1 Å². The largest absolute Gasteiger partial charge is 0.467 e. The SMILES string of the molecule is Cc1cccc2c(=O)n(CCC(=O)N(C)C(C)c3ccco3)cnc12. The normalized spacial score (nSPS) is 12.3. The maximum absolute atomic E-state index is 12.6. The molecule has 0 aliphatic heterocycles. The molecule has 3 aromatic rings. The molecule has 0 bridgehead atoms. The summed E-state index contributed by atoms with van der Waals surface area (Å²) >= 11 is 0. The van der Waals surface area contributed by atoms with Crippen molar-refractivity contribution in [2.24, 2.45) is 0 Å². The van der Waals surface area contributed by atoms with Gasteiger partial charge in [0.15, 0.2) is 0 Å². The Morgan fingerprint density at radius 1 is 1.32 bits per heavy atom. The van der Waals surface area contributed by atoms with Crippen molar-refractivity contribution in [2.75, 3.05) is 7.05 Å². The molecule has 0 aliphatic rings. The summed E-state index contributed by atoms with van der Waals surface area (Å²) in [6, 6.07) is 9.02. The lowest BCUT2D eigenvalue weighted by atomic mass is 10.1. The van der Waals surface area contributed by atoms with Crippen molar-refractivity contribution in [2.45, 2.75) is 32.9 Å². The predicted molar refractivity (Wildman–Crippen MR) is 95.3 cm³/mol. The highest BCUT2D eigenvalue weighted by molar-refractivity contribution is 5.80. The van der Waals surface area contributed by atoms with Crippen molar-refractivity contribution in [3.8, 4) is 0 Å². The van der Waals surface area contributed by atoms with Gasteiger partial charge in [-0.15, -0.1) is 0 Å². The molecule has 0 fully saturated rings. The summed E-state index contributed by atoms with van der Waals surface area (Å²) in [6.45, 7) is 4.13.